The highest BCUT2D eigenvalue weighted by Gasteiger charge is 2.19. The molecule has 0 saturated carbocycles. The topological polar surface area (TPSA) is 62.6 Å². The molecule has 3 rings (SSSR count). The summed E-state index contributed by atoms with van der Waals surface area (Å²) in [6, 6.07) is 11.2. The van der Waals surface area contributed by atoms with E-state index in [1.54, 1.807) is 29.2 Å². The summed E-state index contributed by atoms with van der Waals surface area (Å²) in [5.41, 5.74) is 2.96. The zero-order chi connectivity index (χ0) is 18.7. The lowest BCUT2D eigenvalue weighted by atomic mass is 10.1. The van der Waals surface area contributed by atoms with Crippen molar-refractivity contribution in [2.75, 3.05) is 21.3 Å². The summed E-state index contributed by atoms with van der Waals surface area (Å²) in [6.45, 7) is 2.02. The largest absolute Gasteiger partial charge is 0.493 e. The number of hydrogen-bond acceptors (Lipinski definition) is 5. The number of ether oxygens (including phenoxy) is 3. The Bertz CT molecular complexity index is 904. The number of rotatable bonds is 6. The van der Waals surface area contributed by atoms with Gasteiger partial charge in [0, 0.05) is 11.8 Å². The highest BCUT2D eigenvalue weighted by molar-refractivity contribution is 6.09. The average molecular weight is 352 g/mol. The van der Waals surface area contributed by atoms with E-state index in [9.17, 15) is 4.79 Å². The molecule has 26 heavy (non-hydrogen) atoms. The maximum absolute atomic E-state index is 12.9. The molecular formula is C20H20N2O4. The zero-order valence-corrected chi connectivity index (χ0v) is 15.1. The number of carbonyl (C=O) groups is 1. The number of hydrogen-bond donors (Lipinski definition) is 0. The van der Waals surface area contributed by atoms with Gasteiger partial charge in [0.05, 0.1) is 38.8 Å². The van der Waals surface area contributed by atoms with Crippen LogP contribution in [-0.4, -0.2) is 36.9 Å². The summed E-state index contributed by atoms with van der Waals surface area (Å²) < 4.78 is 17.6. The van der Waals surface area contributed by atoms with Crippen molar-refractivity contribution in [3.63, 3.8) is 0 Å². The number of benzene rings is 2. The quantitative estimate of drug-likeness (QED) is 0.636. The van der Waals surface area contributed by atoms with Crippen LogP contribution in [0.1, 0.15) is 21.5 Å². The van der Waals surface area contributed by atoms with Crippen LogP contribution in [0.15, 0.2) is 48.8 Å². The van der Waals surface area contributed by atoms with Crippen molar-refractivity contribution in [2.24, 2.45) is 0 Å². The van der Waals surface area contributed by atoms with Gasteiger partial charge >= 0.3 is 0 Å². The lowest BCUT2D eigenvalue weighted by Gasteiger charge is -2.13. The SMILES string of the molecule is COc1cc(C(=O)c2cnn(-c3ccc(C)cc3)c2)cc(OC)c1OC. The van der Waals surface area contributed by atoms with Gasteiger partial charge in [-0.05, 0) is 31.2 Å². The third-order valence-corrected chi connectivity index (χ3v) is 4.07. The summed E-state index contributed by atoms with van der Waals surface area (Å²) in [7, 11) is 4.55. The minimum Gasteiger partial charge on any atom is -0.493 e. The Morgan fingerprint density at radius 2 is 1.54 bits per heavy atom. The third-order valence-electron chi connectivity index (χ3n) is 4.07. The maximum Gasteiger partial charge on any atom is 0.203 e. The Hall–Kier alpha value is -3.28. The molecule has 0 radical (unpaired) electrons. The summed E-state index contributed by atoms with van der Waals surface area (Å²) in [5, 5.41) is 4.29. The van der Waals surface area contributed by atoms with Crippen LogP contribution in [-0.2, 0) is 0 Å². The van der Waals surface area contributed by atoms with Gasteiger partial charge in [-0.2, -0.15) is 5.10 Å². The van der Waals surface area contributed by atoms with E-state index in [1.165, 1.54) is 21.3 Å². The first-order valence-electron chi connectivity index (χ1n) is 8.03. The molecule has 0 bridgehead atoms. The van der Waals surface area contributed by atoms with Gasteiger partial charge in [-0.1, -0.05) is 17.7 Å². The van der Waals surface area contributed by atoms with Gasteiger partial charge in [0.2, 0.25) is 5.75 Å². The molecule has 0 aliphatic rings. The van der Waals surface area contributed by atoms with Crippen LogP contribution >= 0.6 is 0 Å². The van der Waals surface area contributed by atoms with Crippen molar-refractivity contribution in [3.05, 3.63) is 65.5 Å². The van der Waals surface area contributed by atoms with Gasteiger partial charge in [-0.3, -0.25) is 4.79 Å². The monoisotopic (exact) mass is 352 g/mol. The fourth-order valence-electron chi connectivity index (χ4n) is 2.66. The van der Waals surface area contributed by atoms with E-state index in [4.69, 9.17) is 14.2 Å². The Morgan fingerprint density at radius 1 is 0.923 bits per heavy atom. The molecule has 0 amide bonds. The Labute approximate surface area is 151 Å². The number of methoxy groups -OCH3 is 3. The summed E-state index contributed by atoms with van der Waals surface area (Å²) in [4.78, 5) is 12.9. The van der Waals surface area contributed by atoms with Crippen LogP contribution < -0.4 is 14.2 Å². The lowest BCUT2D eigenvalue weighted by Crippen LogP contribution is -2.03. The highest BCUT2D eigenvalue weighted by atomic mass is 16.5. The second-order valence-electron chi connectivity index (χ2n) is 5.75. The molecule has 3 aromatic rings. The van der Waals surface area contributed by atoms with E-state index in [0.717, 1.165) is 11.3 Å². The molecule has 0 aliphatic heterocycles. The first kappa shape index (κ1) is 17.5. The van der Waals surface area contributed by atoms with Crippen LogP contribution in [0.3, 0.4) is 0 Å². The minimum absolute atomic E-state index is 0.178. The van der Waals surface area contributed by atoms with E-state index >= 15 is 0 Å². The van der Waals surface area contributed by atoms with Crippen molar-refractivity contribution >= 4 is 5.78 Å². The molecule has 0 aliphatic carbocycles. The van der Waals surface area contributed by atoms with E-state index in [0.29, 0.717) is 28.4 Å². The number of aryl methyl sites for hydroxylation is 1. The van der Waals surface area contributed by atoms with Crippen LogP contribution in [0, 0.1) is 6.92 Å². The summed E-state index contributed by atoms with van der Waals surface area (Å²) >= 11 is 0. The number of aromatic nitrogens is 2. The van der Waals surface area contributed by atoms with Crippen LogP contribution in [0.2, 0.25) is 0 Å². The smallest absolute Gasteiger partial charge is 0.203 e. The molecule has 0 unspecified atom stereocenters. The van der Waals surface area contributed by atoms with Crippen LogP contribution in [0.5, 0.6) is 17.2 Å². The predicted octanol–water partition coefficient (Wildman–Crippen LogP) is 3.44. The van der Waals surface area contributed by atoms with Gasteiger partial charge in [0.1, 0.15) is 0 Å². The van der Waals surface area contributed by atoms with Crippen molar-refractivity contribution in [1.82, 2.24) is 9.78 Å². The molecule has 6 nitrogen and oxygen atoms in total. The Kier molecular flexibility index (Phi) is 4.93. The highest BCUT2D eigenvalue weighted by Crippen LogP contribution is 2.38. The van der Waals surface area contributed by atoms with Gasteiger partial charge in [-0.25, -0.2) is 4.68 Å². The average Bonchev–Trinajstić information content (AvgIpc) is 3.16. The van der Waals surface area contributed by atoms with Gasteiger partial charge in [0.25, 0.3) is 0 Å². The standard InChI is InChI=1S/C20H20N2O4/c1-13-5-7-16(8-6-13)22-12-15(11-21-22)19(23)14-9-17(24-2)20(26-4)18(10-14)25-3/h5-12H,1-4H3. The van der Waals surface area contributed by atoms with E-state index in [2.05, 4.69) is 5.10 Å². The van der Waals surface area contributed by atoms with Crippen molar-refractivity contribution in [2.45, 2.75) is 6.92 Å². The molecule has 0 N–H and O–H groups in total. The van der Waals surface area contributed by atoms with Crippen molar-refractivity contribution in [1.29, 1.82) is 0 Å². The fraction of sp³-hybridized carbons (Fsp3) is 0.200. The molecule has 0 spiro atoms. The van der Waals surface area contributed by atoms with E-state index in [1.807, 2.05) is 31.2 Å². The fourth-order valence-corrected chi connectivity index (χ4v) is 2.66. The van der Waals surface area contributed by atoms with Crippen LogP contribution in [0.25, 0.3) is 5.69 Å². The number of nitrogens with zero attached hydrogens (tertiary/aromatic N) is 2. The molecule has 1 heterocycles. The Balaban J connectivity index is 1.96. The predicted molar refractivity (Wildman–Crippen MR) is 97.8 cm³/mol. The molecule has 6 heteroatoms. The molecule has 0 saturated heterocycles. The Morgan fingerprint density at radius 3 is 2.08 bits per heavy atom. The first-order valence-corrected chi connectivity index (χ1v) is 8.03. The summed E-state index contributed by atoms with van der Waals surface area (Å²) in [6.07, 6.45) is 3.25. The summed E-state index contributed by atoms with van der Waals surface area (Å²) in [5.74, 6) is 1.13. The second-order valence-corrected chi connectivity index (χ2v) is 5.75. The van der Waals surface area contributed by atoms with E-state index < -0.39 is 0 Å². The van der Waals surface area contributed by atoms with Gasteiger partial charge < -0.3 is 14.2 Å². The molecular weight excluding hydrogens is 332 g/mol. The normalized spacial score (nSPS) is 10.5. The molecule has 1 aromatic heterocycles. The molecule has 0 atom stereocenters. The number of ketones is 1. The molecule has 134 valence electrons. The molecule has 2 aromatic carbocycles. The number of carbonyl (C=O) groups excluding carboxylic acids is 1. The first-order chi connectivity index (χ1) is 12.6. The van der Waals surface area contributed by atoms with Crippen molar-refractivity contribution < 1.29 is 19.0 Å². The second kappa shape index (κ2) is 7.31. The van der Waals surface area contributed by atoms with Gasteiger partial charge in [0.15, 0.2) is 17.3 Å². The van der Waals surface area contributed by atoms with Gasteiger partial charge in [-0.15, -0.1) is 0 Å². The maximum atomic E-state index is 12.9. The third kappa shape index (κ3) is 3.26. The lowest BCUT2D eigenvalue weighted by molar-refractivity contribution is 0.103. The zero-order valence-electron chi connectivity index (χ0n) is 15.1. The van der Waals surface area contributed by atoms with E-state index in [-0.39, 0.29) is 5.78 Å². The van der Waals surface area contributed by atoms with Crippen molar-refractivity contribution in [3.8, 4) is 22.9 Å². The minimum atomic E-state index is -0.178. The van der Waals surface area contributed by atoms with Crippen LogP contribution in [0.4, 0.5) is 0 Å². The molecule has 0 fully saturated rings.